The monoisotopic (exact) mass is 240 g/mol. The predicted molar refractivity (Wildman–Crippen MR) is 67.9 cm³/mol. The Morgan fingerprint density at radius 1 is 1.44 bits per heavy atom. The number of thiophene rings is 1. The topological polar surface area (TPSA) is 26.7 Å². The van der Waals surface area contributed by atoms with Crippen LogP contribution in [0.5, 0.6) is 0 Å². The Balaban J connectivity index is 2.14. The fraction of sp³-hybridized carbons (Fsp3) is 0.667. The summed E-state index contributed by atoms with van der Waals surface area (Å²) in [4.78, 5) is 5.67. The molecule has 0 bridgehead atoms. The molecule has 0 aromatic carbocycles. The van der Waals surface area contributed by atoms with Crippen molar-refractivity contribution in [3.8, 4) is 0 Å². The summed E-state index contributed by atoms with van der Waals surface area (Å²) < 4.78 is 0. The number of piperazine rings is 1. The maximum absolute atomic E-state index is 10.4. The molecule has 0 spiro atoms. The van der Waals surface area contributed by atoms with Gasteiger partial charge in [0.15, 0.2) is 0 Å². The highest BCUT2D eigenvalue weighted by Gasteiger charge is 2.30. The van der Waals surface area contributed by atoms with E-state index in [1.54, 1.807) is 11.3 Å². The van der Waals surface area contributed by atoms with Gasteiger partial charge in [-0.05, 0) is 38.0 Å². The predicted octanol–water partition coefficient (Wildman–Crippen LogP) is 1.34. The Labute approximate surface area is 101 Å². The Bertz CT molecular complexity index is 353. The van der Waals surface area contributed by atoms with Gasteiger partial charge >= 0.3 is 0 Å². The number of hydrogen-bond donors (Lipinski definition) is 1. The number of rotatable bonds is 2. The van der Waals surface area contributed by atoms with Gasteiger partial charge in [-0.15, -0.1) is 11.3 Å². The van der Waals surface area contributed by atoms with Gasteiger partial charge in [-0.1, -0.05) is 0 Å². The SMILES string of the molecule is Cc1ccsc1C(O)C1CN(C)CCN1C. The van der Waals surface area contributed by atoms with Gasteiger partial charge < -0.3 is 10.0 Å². The molecule has 0 amide bonds. The Morgan fingerprint density at radius 3 is 2.81 bits per heavy atom. The standard InChI is InChI=1S/C12H20N2OS/c1-9-4-7-16-12(9)11(15)10-8-13(2)5-6-14(10)3/h4,7,10-11,15H,5-6,8H2,1-3H3. The minimum Gasteiger partial charge on any atom is -0.386 e. The van der Waals surface area contributed by atoms with Crippen LogP contribution in [0.25, 0.3) is 0 Å². The molecule has 4 heteroatoms. The lowest BCUT2D eigenvalue weighted by atomic mass is 10.0. The van der Waals surface area contributed by atoms with E-state index in [9.17, 15) is 5.11 Å². The first-order chi connectivity index (χ1) is 7.59. The molecule has 2 atom stereocenters. The summed E-state index contributed by atoms with van der Waals surface area (Å²) in [6.07, 6.45) is -0.354. The Hall–Kier alpha value is -0.420. The maximum atomic E-state index is 10.4. The molecule has 0 saturated carbocycles. The number of aliphatic hydroxyl groups excluding tert-OH is 1. The van der Waals surface area contributed by atoms with Crippen LogP contribution < -0.4 is 0 Å². The minimum atomic E-state index is -0.354. The molecule has 0 radical (unpaired) electrons. The van der Waals surface area contributed by atoms with E-state index >= 15 is 0 Å². The number of aryl methyl sites for hydroxylation is 1. The molecule has 90 valence electrons. The summed E-state index contributed by atoms with van der Waals surface area (Å²) >= 11 is 1.66. The minimum absolute atomic E-state index is 0.219. The van der Waals surface area contributed by atoms with Gasteiger partial charge in [0.1, 0.15) is 6.10 Å². The van der Waals surface area contributed by atoms with E-state index in [4.69, 9.17) is 0 Å². The van der Waals surface area contributed by atoms with Crippen molar-refractivity contribution in [2.24, 2.45) is 0 Å². The second-order valence-corrected chi connectivity index (χ2v) is 5.67. The van der Waals surface area contributed by atoms with Crippen molar-refractivity contribution in [1.29, 1.82) is 0 Å². The van der Waals surface area contributed by atoms with E-state index in [-0.39, 0.29) is 12.1 Å². The molecule has 1 saturated heterocycles. The van der Waals surface area contributed by atoms with Crippen molar-refractivity contribution in [1.82, 2.24) is 9.80 Å². The van der Waals surface area contributed by atoms with Crippen molar-refractivity contribution < 1.29 is 5.11 Å². The smallest absolute Gasteiger partial charge is 0.105 e. The van der Waals surface area contributed by atoms with Crippen molar-refractivity contribution in [3.63, 3.8) is 0 Å². The number of likely N-dealkylation sites (N-methyl/N-ethyl adjacent to an activating group) is 2. The van der Waals surface area contributed by atoms with E-state index in [1.807, 2.05) is 0 Å². The average Bonchev–Trinajstić information content (AvgIpc) is 2.67. The van der Waals surface area contributed by atoms with Crippen LogP contribution in [0.15, 0.2) is 11.4 Å². The third-order valence-electron chi connectivity index (χ3n) is 3.43. The van der Waals surface area contributed by atoms with Crippen LogP contribution in [0.1, 0.15) is 16.5 Å². The number of hydrogen-bond acceptors (Lipinski definition) is 4. The molecule has 16 heavy (non-hydrogen) atoms. The van der Waals surface area contributed by atoms with Crippen LogP contribution in [0.2, 0.25) is 0 Å². The molecule has 1 aliphatic heterocycles. The van der Waals surface area contributed by atoms with Crippen molar-refractivity contribution in [2.45, 2.75) is 19.1 Å². The molecule has 1 aromatic heterocycles. The molecular weight excluding hydrogens is 220 g/mol. The Kier molecular flexibility index (Phi) is 3.64. The molecule has 2 unspecified atom stereocenters. The van der Waals surface area contributed by atoms with Crippen LogP contribution in [0.3, 0.4) is 0 Å². The van der Waals surface area contributed by atoms with E-state index in [1.165, 1.54) is 5.56 Å². The number of aliphatic hydroxyl groups is 1. The molecule has 1 aromatic rings. The second-order valence-electron chi connectivity index (χ2n) is 4.72. The van der Waals surface area contributed by atoms with Gasteiger partial charge in [0.05, 0.1) is 6.04 Å². The van der Waals surface area contributed by atoms with Crippen molar-refractivity contribution in [3.05, 3.63) is 21.9 Å². The lowest BCUT2D eigenvalue weighted by Gasteiger charge is -2.40. The van der Waals surface area contributed by atoms with Gasteiger partial charge in [-0.25, -0.2) is 0 Å². The maximum Gasteiger partial charge on any atom is 0.105 e. The zero-order valence-electron chi connectivity index (χ0n) is 10.2. The summed E-state index contributed by atoms with van der Waals surface area (Å²) in [6, 6.07) is 2.30. The number of nitrogens with zero attached hydrogens (tertiary/aromatic N) is 2. The zero-order valence-corrected chi connectivity index (χ0v) is 11.0. The highest BCUT2D eigenvalue weighted by atomic mass is 32.1. The summed E-state index contributed by atoms with van der Waals surface area (Å²) in [7, 11) is 4.22. The van der Waals surface area contributed by atoms with Gasteiger partial charge in [0.25, 0.3) is 0 Å². The average molecular weight is 240 g/mol. The van der Waals surface area contributed by atoms with Crippen LogP contribution in [0.4, 0.5) is 0 Å². The largest absolute Gasteiger partial charge is 0.386 e. The summed E-state index contributed by atoms with van der Waals surface area (Å²) in [5.74, 6) is 0. The van der Waals surface area contributed by atoms with Crippen LogP contribution in [0, 0.1) is 6.92 Å². The lowest BCUT2D eigenvalue weighted by molar-refractivity contribution is 0.0153. The van der Waals surface area contributed by atoms with E-state index in [2.05, 4.69) is 42.3 Å². The molecule has 1 fully saturated rings. The first-order valence-corrected chi connectivity index (χ1v) is 6.58. The van der Waals surface area contributed by atoms with Crippen molar-refractivity contribution >= 4 is 11.3 Å². The third-order valence-corrected chi connectivity index (χ3v) is 4.52. The van der Waals surface area contributed by atoms with Crippen molar-refractivity contribution in [2.75, 3.05) is 33.7 Å². The summed E-state index contributed by atoms with van der Waals surface area (Å²) in [5, 5.41) is 12.5. The van der Waals surface area contributed by atoms with E-state index in [0.717, 1.165) is 24.5 Å². The summed E-state index contributed by atoms with van der Waals surface area (Å²) in [6.45, 7) is 5.13. The molecule has 2 rings (SSSR count). The van der Waals surface area contributed by atoms with Gasteiger partial charge in [-0.3, -0.25) is 4.90 Å². The fourth-order valence-electron chi connectivity index (χ4n) is 2.25. The second kappa shape index (κ2) is 4.84. The highest BCUT2D eigenvalue weighted by molar-refractivity contribution is 7.10. The van der Waals surface area contributed by atoms with Crippen LogP contribution >= 0.6 is 11.3 Å². The van der Waals surface area contributed by atoms with Crippen LogP contribution in [-0.4, -0.2) is 54.7 Å². The quantitative estimate of drug-likeness (QED) is 0.845. The molecule has 2 heterocycles. The molecule has 1 N–H and O–H groups in total. The normalized spacial score (nSPS) is 25.9. The van der Waals surface area contributed by atoms with E-state index < -0.39 is 0 Å². The first-order valence-electron chi connectivity index (χ1n) is 5.70. The summed E-state index contributed by atoms with van der Waals surface area (Å²) in [5.41, 5.74) is 1.21. The third kappa shape index (κ3) is 2.30. The van der Waals surface area contributed by atoms with Gasteiger partial charge in [0.2, 0.25) is 0 Å². The molecule has 0 aliphatic carbocycles. The Morgan fingerprint density at radius 2 is 2.19 bits per heavy atom. The zero-order chi connectivity index (χ0) is 11.7. The van der Waals surface area contributed by atoms with Gasteiger partial charge in [0, 0.05) is 24.5 Å². The first kappa shape index (κ1) is 12.0. The fourth-order valence-corrected chi connectivity index (χ4v) is 3.22. The van der Waals surface area contributed by atoms with Crippen LogP contribution in [-0.2, 0) is 0 Å². The molecule has 3 nitrogen and oxygen atoms in total. The lowest BCUT2D eigenvalue weighted by Crippen LogP contribution is -2.52. The molecule has 1 aliphatic rings. The highest BCUT2D eigenvalue weighted by Crippen LogP contribution is 2.29. The van der Waals surface area contributed by atoms with Gasteiger partial charge in [-0.2, -0.15) is 0 Å². The van der Waals surface area contributed by atoms with E-state index in [0.29, 0.717) is 0 Å². The molecular formula is C12H20N2OS.